The van der Waals surface area contributed by atoms with Crippen LogP contribution in [0.25, 0.3) is 0 Å². The fraction of sp³-hybridized carbons (Fsp3) is 0.929. The highest BCUT2D eigenvalue weighted by Gasteiger charge is 2.67. The maximum atomic E-state index is 13.4. The Hall–Kier alpha value is -1.28. The number of aliphatic hydroxyl groups is 1. The van der Waals surface area contributed by atoms with E-state index in [4.69, 9.17) is 14.2 Å². The van der Waals surface area contributed by atoms with Crippen LogP contribution in [0.3, 0.4) is 0 Å². The molecule has 4 unspecified atom stereocenters. The molecule has 8 aliphatic carbocycles. The van der Waals surface area contributed by atoms with Crippen LogP contribution in [0, 0.1) is 35.0 Å². The lowest BCUT2D eigenvalue weighted by molar-refractivity contribution is -0.258. The van der Waals surface area contributed by atoms with Gasteiger partial charge in [0.2, 0.25) is 0 Å². The lowest BCUT2D eigenvalue weighted by atomic mass is 9.46. The van der Waals surface area contributed by atoms with Gasteiger partial charge in [-0.3, -0.25) is 4.79 Å². The summed E-state index contributed by atoms with van der Waals surface area (Å²) in [5, 5.41) is 11.3. The summed E-state index contributed by atoms with van der Waals surface area (Å²) in [5.41, 5.74) is -3.40. The summed E-state index contributed by atoms with van der Waals surface area (Å²) in [6, 6.07) is 0. The van der Waals surface area contributed by atoms with Crippen molar-refractivity contribution >= 4 is 11.9 Å². The van der Waals surface area contributed by atoms with Crippen molar-refractivity contribution in [3.8, 4) is 0 Å². The first-order chi connectivity index (χ1) is 16.9. The zero-order valence-electron chi connectivity index (χ0n) is 21.5. The quantitative estimate of drug-likeness (QED) is 0.473. The third-order valence-electron chi connectivity index (χ3n) is 10.8. The largest absolute Gasteiger partial charge is 0.459 e. The number of carbonyl (C=O) groups is 2. The molecular formula is C28H40F2O6. The first-order valence-corrected chi connectivity index (χ1v) is 14.0. The SMILES string of the molecule is CCC1(OC(=O)COC23CC4CC(O)(C2)CC(C(=O)OCC(C)(F)F)(C4)C3)C2CC3CC(C2)CC1C3. The predicted molar refractivity (Wildman–Crippen MR) is 125 cm³/mol. The van der Waals surface area contributed by atoms with Crippen LogP contribution in [0.5, 0.6) is 0 Å². The summed E-state index contributed by atoms with van der Waals surface area (Å²) < 4.78 is 44.4. The van der Waals surface area contributed by atoms with Gasteiger partial charge in [0.1, 0.15) is 12.2 Å². The smallest absolute Gasteiger partial charge is 0.332 e. The predicted octanol–water partition coefficient (Wildman–Crippen LogP) is 4.80. The van der Waals surface area contributed by atoms with Crippen LogP contribution in [-0.4, -0.2) is 53.0 Å². The van der Waals surface area contributed by atoms with Crippen LogP contribution >= 0.6 is 0 Å². The summed E-state index contributed by atoms with van der Waals surface area (Å²) in [4.78, 5) is 26.3. The number of esters is 2. The second kappa shape index (κ2) is 8.11. The molecule has 0 amide bonds. The van der Waals surface area contributed by atoms with Gasteiger partial charge in [-0.2, -0.15) is 0 Å². The van der Waals surface area contributed by atoms with E-state index in [2.05, 4.69) is 6.92 Å². The van der Waals surface area contributed by atoms with E-state index in [1.807, 2.05) is 0 Å². The molecule has 8 heteroatoms. The Labute approximate surface area is 211 Å². The summed E-state index contributed by atoms with van der Waals surface area (Å²) in [5.74, 6) is -1.72. The molecule has 0 radical (unpaired) electrons. The second-order valence-corrected chi connectivity index (χ2v) is 13.7. The molecule has 0 saturated heterocycles. The van der Waals surface area contributed by atoms with Gasteiger partial charge in [0.05, 0.1) is 16.6 Å². The number of rotatable bonds is 8. The van der Waals surface area contributed by atoms with Crippen molar-refractivity contribution in [3.05, 3.63) is 0 Å². The standard InChI is InChI=1S/C28H40F2O6/c1-3-28(20-5-17-4-18(7-20)8-21(28)6-17)36-22(31)12-35-27-11-19-9-25(14-27,13-26(33,10-19)15-27)23(32)34-16-24(2,29)30/h17-21,33H,3-16H2,1-2H3. The van der Waals surface area contributed by atoms with Gasteiger partial charge in [0, 0.05) is 13.3 Å². The van der Waals surface area contributed by atoms with E-state index < -0.39 is 40.7 Å². The molecule has 202 valence electrons. The lowest BCUT2D eigenvalue weighted by Crippen LogP contribution is -2.66. The number of hydrogen-bond donors (Lipinski definition) is 1. The first kappa shape index (κ1) is 25.0. The molecule has 8 rings (SSSR count). The minimum absolute atomic E-state index is 0.0309. The van der Waals surface area contributed by atoms with Gasteiger partial charge in [0.15, 0.2) is 6.61 Å². The molecule has 36 heavy (non-hydrogen) atoms. The van der Waals surface area contributed by atoms with E-state index >= 15 is 0 Å². The maximum absolute atomic E-state index is 13.4. The fourth-order valence-corrected chi connectivity index (χ4v) is 10.3. The average molecular weight is 511 g/mol. The van der Waals surface area contributed by atoms with Crippen LogP contribution < -0.4 is 0 Å². The molecular weight excluding hydrogens is 470 g/mol. The summed E-state index contributed by atoms with van der Waals surface area (Å²) in [7, 11) is 0. The number of halogens is 2. The molecule has 0 aromatic heterocycles. The van der Waals surface area contributed by atoms with Crippen molar-refractivity contribution in [3.63, 3.8) is 0 Å². The highest BCUT2D eigenvalue weighted by Crippen LogP contribution is 2.65. The molecule has 8 aliphatic rings. The molecule has 0 heterocycles. The number of carbonyl (C=O) groups excluding carboxylic acids is 2. The van der Waals surface area contributed by atoms with Gasteiger partial charge in [0.25, 0.3) is 5.92 Å². The van der Waals surface area contributed by atoms with E-state index in [1.54, 1.807) is 0 Å². The van der Waals surface area contributed by atoms with Crippen molar-refractivity contribution in [1.82, 2.24) is 0 Å². The van der Waals surface area contributed by atoms with Crippen LogP contribution in [0.15, 0.2) is 0 Å². The van der Waals surface area contributed by atoms with Crippen molar-refractivity contribution < 1.29 is 37.7 Å². The van der Waals surface area contributed by atoms with Gasteiger partial charge in [-0.1, -0.05) is 6.92 Å². The van der Waals surface area contributed by atoms with Crippen LogP contribution in [0.1, 0.15) is 90.9 Å². The second-order valence-electron chi connectivity index (χ2n) is 13.7. The van der Waals surface area contributed by atoms with Crippen LogP contribution in [-0.2, 0) is 23.8 Å². The van der Waals surface area contributed by atoms with Gasteiger partial charge >= 0.3 is 11.9 Å². The highest BCUT2D eigenvalue weighted by atomic mass is 19.3. The van der Waals surface area contributed by atoms with Gasteiger partial charge in [-0.05, 0) is 100 Å². The van der Waals surface area contributed by atoms with E-state index in [-0.39, 0.29) is 31.3 Å². The van der Waals surface area contributed by atoms with Crippen LogP contribution in [0.2, 0.25) is 0 Å². The Morgan fingerprint density at radius 3 is 2.19 bits per heavy atom. The topological polar surface area (TPSA) is 82.1 Å². The average Bonchev–Trinajstić information content (AvgIpc) is 2.76. The Morgan fingerprint density at radius 1 is 0.944 bits per heavy atom. The first-order valence-electron chi connectivity index (χ1n) is 14.0. The van der Waals surface area contributed by atoms with Crippen molar-refractivity contribution in [2.24, 2.45) is 35.0 Å². The zero-order valence-corrected chi connectivity index (χ0v) is 21.5. The Kier molecular flexibility index (Phi) is 5.64. The summed E-state index contributed by atoms with van der Waals surface area (Å²) >= 11 is 0. The molecule has 8 fully saturated rings. The minimum atomic E-state index is -3.11. The van der Waals surface area contributed by atoms with E-state index in [1.165, 1.54) is 6.42 Å². The Morgan fingerprint density at radius 2 is 1.61 bits per heavy atom. The molecule has 8 saturated carbocycles. The van der Waals surface area contributed by atoms with E-state index in [0.717, 1.165) is 50.9 Å². The molecule has 4 atom stereocenters. The summed E-state index contributed by atoms with van der Waals surface area (Å²) in [6.07, 6.45) is 9.28. The fourth-order valence-electron chi connectivity index (χ4n) is 10.3. The Balaban J connectivity index is 1.14. The van der Waals surface area contributed by atoms with Gasteiger partial charge < -0.3 is 19.3 Å². The molecule has 0 aliphatic heterocycles. The van der Waals surface area contributed by atoms with Crippen molar-refractivity contribution in [1.29, 1.82) is 0 Å². The highest BCUT2D eigenvalue weighted by molar-refractivity contribution is 5.78. The molecule has 0 aromatic rings. The summed E-state index contributed by atoms with van der Waals surface area (Å²) in [6.45, 7) is 1.66. The Bertz CT molecular complexity index is 903. The molecule has 0 aromatic carbocycles. The normalized spacial score (nSPS) is 48.3. The van der Waals surface area contributed by atoms with E-state index in [9.17, 15) is 23.5 Å². The number of alkyl halides is 2. The number of ether oxygens (including phenoxy) is 3. The molecule has 0 spiro atoms. The van der Waals surface area contributed by atoms with Gasteiger partial charge in [-0.25, -0.2) is 13.6 Å². The maximum Gasteiger partial charge on any atom is 0.332 e. The molecule has 8 bridgehead atoms. The monoisotopic (exact) mass is 510 g/mol. The van der Waals surface area contributed by atoms with Gasteiger partial charge in [-0.15, -0.1) is 0 Å². The molecule has 6 nitrogen and oxygen atoms in total. The van der Waals surface area contributed by atoms with Crippen molar-refractivity contribution in [2.45, 2.75) is 114 Å². The van der Waals surface area contributed by atoms with E-state index in [0.29, 0.717) is 37.5 Å². The minimum Gasteiger partial charge on any atom is -0.459 e. The number of hydrogen-bond acceptors (Lipinski definition) is 6. The van der Waals surface area contributed by atoms with Crippen molar-refractivity contribution in [2.75, 3.05) is 13.2 Å². The third kappa shape index (κ3) is 4.09. The molecule has 1 N–H and O–H groups in total. The third-order valence-corrected chi connectivity index (χ3v) is 10.8. The zero-order chi connectivity index (χ0) is 25.6. The lowest BCUT2D eigenvalue weighted by Gasteiger charge is -2.63. The van der Waals surface area contributed by atoms with Crippen LogP contribution in [0.4, 0.5) is 8.78 Å².